The van der Waals surface area contributed by atoms with Crippen molar-refractivity contribution in [1.29, 1.82) is 5.41 Å². The molecule has 2 atom stereocenters. The van der Waals surface area contributed by atoms with Crippen molar-refractivity contribution < 1.29 is 23.9 Å². The zero-order valence-corrected chi connectivity index (χ0v) is 37.6. The van der Waals surface area contributed by atoms with E-state index in [-0.39, 0.29) is 42.1 Å². The molecule has 2 aliphatic carbocycles. The van der Waals surface area contributed by atoms with Crippen LogP contribution in [0.15, 0.2) is 47.5 Å². The average Bonchev–Trinajstić information content (AvgIpc) is 4.04. The van der Waals surface area contributed by atoms with E-state index in [2.05, 4.69) is 38.1 Å². The summed E-state index contributed by atoms with van der Waals surface area (Å²) in [6.07, 6.45) is 12.6. The Kier molecular flexibility index (Phi) is 16.9. The number of aromatic nitrogens is 2. The van der Waals surface area contributed by atoms with E-state index in [4.69, 9.17) is 15.4 Å². The highest BCUT2D eigenvalue weighted by atomic mass is 32.2. The second kappa shape index (κ2) is 22.2. The lowest BCUT2D eigenvalue weighted by molar-refractivity contribution is -0.115. The maximum atomic E-state index is 15.2. The van der Waals surface area contributed by atoms with Gasteiger partial charge in [0.25, 0.3) is 0 Å². The summed E-state index contributed by atoms with van der Waals surface area (Å²) < 4.78 is 17.4. The van der Waals surface area contributed by atoms with Gasteiger partial charge in [-0.2, -0.15) is 4.98 Å². The van der Waals surface area contributed by atoms with Gasteiger partial charge in [0.15, 0.2) is 0 Å². The predicted octanol–water partition coefficient (Wildman–Crippen LogP) is 6.15. The highest BCUT2D eigenvalue weighted by Gasteiger charge is 2.43. The molecule has 4 aliphatic rings. The standard InChI is InChI=1S/C44H58FN9O4S.C2H7N/c1-44(15-16-44)37-26-48-43(50-42(37)54(29-57)34-5-3-6-35(58)25-34)49-33-13-20-53(21-14-33)59-40-23-30(7-10-38(40)45)27-51-18-11-31(12-19-51)32-8-9-36(39(24-32)47-2)41(46)52(28-56)17-4-22-55;1-3-2/h7-10,22-24,26,28-29,31,33-35,46-47,58H,3-6,11-21,25,27H2,1-2H3,(H,48,49,50);3H,1-2H3/t34?,35-;/m1./s1. The van der Waals surface area contributed by atoms with E-state index in [1.807, 2.05) is 44.6 Å². The number of amidine groups is 1. The van der Waals surface area contributed by atoms with Crippen LogP contribution in [-0.4, -0.2) is 126 Å². The van der Waals surface area contributed by atoms with Crippen LogP contribution >= 0.6 is 11.9 Å². The fourth-order valence-electron chi connectivity index (χ4n) is 8.83. The zero-order chi connectivity index (χ0) is 44.2. The summed E-state index contributed by atoms with van der Waals surface area (Å²) in [6.45, 7) is 6.48. The molecular formula is C46H65FN10O4S. The summed E-state index contributed by atoms with van der Waals surface area (Å²) in [5.74, 6) is 1.38. The molecule has 16 heteroatoms. The molecule has 3 aromatic rings. The molecule has 4 fully saturated rings. The Morgan fingerprint density at radius 1 is 1.00 bits per heavy atom. The summed E-state index contributed by atoms with van der Waals surface area (Å²) >= 11 is 1.48. The topological polar surface area (TPSA) is 170 Å². The van der Waals surface area contributed by atoms with Crippen LogP contribution in [0, 0.1) is 11.2 Å². The third-order valence-electron chi connectivity index (χ3n) is 12.7. The molecule has 2 aliphatic heterocycles. The molecule has 0 bridgehead atoms. The molecule has 3 heterocycles. The number of aliphatic hydroxyl groups excluding tert-OH is 1. The number of amides is 2. The van der Waals surface area contributed by atoms with Crippen molar-refractivity contribution in [3.05, 3.63) is 70.7 Å². The van der Waals surface area contributed by atoms with Crippen molar-refractivity contribution in [2.24, 2.45) is 0 Å². The van der Waals surface area contributed by atoms with Gasteiger partial charge in [0.1, 0.15) is 23.8 Å². The van der Waals surface area contributed by atoms with Gasteiger partial charge in [-0.25, -0.2) is 13.7 Å². The van der Waals surface area contributed by atoms with Gasteiger partial charge in [-0.15, -0.1) is 0 Å². The molecule has 2 saturated carbocycles. The van der Waals surface area contributed by atoms with Gasteiger partial charge < -0.3 is 25.9 Å². The zero-order valence-electron chi connectivity index (χ0n) is 36.7. The van der Waals surface area contributed by atoms with Gasteiger partial charge in [0.05, 0.1) is 11.0 Å². The molecule has 2 aromatic carbocycles. The van der Waals surface area contributed by atoms with Gasteiger partial charge in [-0.05, 0) is 150 Å². The maximum absolute atomic E-state index is 15.2. The predicted molar refractivity (Wildman–Crippen MR) is 244 cm³/mol. The average molecular weight is 873 g/mol. The van der Waals surface area contributed by atoms with Crippen molar-refractivity contribution in [3.63, 3.8) is 0 Å². The molecule has 2 amide bonds. The van der Waals surface area contributed by atoms with Crippen LogP contribution in [0.5, 0.6) is 0 Å². The molecule has 336 valence electrons. The first-order valence-corrected chi connectivity index (χ1v) is 22.9. The first-order chi connectivity index (χ1) is 30.0. The number of likely N-dealkylation sites (tertiary alicyclic amines) is 1. The van der Waals surface area contributed by atoms with E-state index in [1.54, 1.807) is 18.0 Å². The van der Waals surface area contributed by atoms with Crippen LogP contribution in [0.25, 0.3) is 0 Å². The van der Waals surface area contributed by atoms with Crippen molar-refractivity contribution in [2.75, 3.05) is 69.4 Å². The number of nitrogens with one attached hydrogen (secondary N) is 4. The van der Waals surface area contributed by atoms with Crippen LogP contribution in [-0.2, 0) is 26.3 Å². The smallest absolute Gasteiger partial charge is 0.224 e. The quantitative estimate of drug-likeness (QED) is 0.0455. The molecule has 62 heavy (non-hydrogen) atoms. The van der Waals surface area contributed by atoms with Crippen LogP contribution in [0.3, 0.4) is 0 Å². The lowest BCUT2D eigenvalue weighted by atomic mass is 9.88. The Bertz CT molecular complexity index is 1990. The van der Waals surface area contributed by atoms with Crippen LogP contribution in [0.1, 0.15) is 106 Å². The number of nitrogens with zero attached hydrogens (tertiary/aromatic N) is 6. The van der Waals surface area contributed by atoms with Crippen molar-refractivity contribution in [1.82, 2.24) is 29.4 Å². The van der Waals surface area contributed by atoms with Crippen LogP contribution < -0.4 is 20.9 Å². The monoisotopic (exact) mass is 872 g/mol. The minimum atomic E-state index is -0.405. The van der Waals surface area contributed by atoms with Crippen LogP contribution in [0.4, 0.5) is 21.8 Å². The molecular weight excluding hydrogens is 808 g/mol. The van der Waals surface area contributed by atoms with Gasteiger partial charge in [0.2, 0.25) is 18.8 Å². The molecule has 14 nitrogen and oxygen atoms in total. The van der Waals surface area contributed by atoms with E-state index in [0.29, 0.717) is 41.0 Å². The summed E-state index contributed by atoms with van der Waals surface area (Å²) in [6, 6.07) is 11.5. The highest BCUT2D eigenvalue weighted by molar-refractivity contribution is 7.97. The largest absolute Gasteiger partial charge is 0.393 e. The van der Waals surface area contributed by atoms with E-state index in [0.717, 1.165) is 120 Å². The number of carbonyl (C=O) groups is 3. The van der Waals surface area contributed by atoms with Crippen molar-refractivity contribution in [3.8, 4) is 0 Å². The second-order valence-electron chi connectivity index (χ2n) is 17.4. The molecule has 7 rings (SSSR count). The highest BCUT2D eigenvalue weighted by Crippen LogP contribution is 2.50. The van der Waals surface area contributed by atoms with Crippen molar-refractivity contribution in [2.45, 2.75) is 119 Å². The number of rotatable bonds is 17. The number of benzene rings is 2. The van der Waals surface area contributed by atoms with Gasteiger partial charge >= 0.3 is 0 Å². The lowest BCUT2D eigenvalue weighted by Gasteiger charge is -2.35. The normalized spacial score (nSPS) is 20.6. The van der Waals surface area contributed by atoms with E-state index in [1.165, 1.54) is 22.4 Å². The SMILES string of the molecule is CNC.CNc1cc(C2CCN(Cc3ccc(F)c(SN4CCC(Nc5ncc(C6(C)CC6)c(N(C=O)C6CCC[C@@H](O)C6)n5)CC4)c3)CC2)ccc1C(=N)N(C=O)CCC=O. The third-order valence-corrected chi connectivity index (χ3v) is 13.9. The number of aliphatic hydroxyl groups is 1. The Labute approximate surface area is 370 Å². The summed E-state index contributed by atoms with van der Waals surface area (Å²) in [4.78, 5) is 50.6. The number of hydrogen-bond donors (Lipinski definition) is 5. The first kappa shape index (κ1) is 47.0. The number of carbonyl (C=O) groups excluding carboxylic acids is 3. The number of aldehydes is 1. The molecule has 5 N–H and O–H groups in total. The Hall–Kier alpha value is -4.48. The minimum Gasteiger partial charge on any atom is -0.393 e. The van der Waals surface area contributed by atoms with E-state index >= 15 is 4.39 Å². The van der Waals surface area contributed by atoms with Crippen molar-refractivity contribution >= 4 is 54.3 Å². The van der Waals surface area contributed by atoms with Gasteiger partial charge in [-0.1, -0.05) is 19.1 Å². The van der Waals surface area contributed by atoms with Crippen LogP contribution in [0.2, 0.25) is 0 Å². The lowest BCUT2D eigenvalue weighted by Crippen LogP contribution is -2.41. The Morgan fingerprint density at radius 2 is 1.74 bits per heavy atom. The fourth-order valence-corrected chi connectivity index (χ4v) is 9.86. The molecule has 1 aromatic heterocycles. The van der Waals surface area contributed by atoms with E-state index < -0.39 is 6.10 Å². The molecule has 0 radical (unpaired) electrons. The summed E-state index contributed by atoms with van der Waals surface area (Å²) in [5.41, 5.74) is 4.64. The summed E-state index contributed by atoms with van der Waals surface area (Å²) in [7, 11) is 5.56. The molecule has 2 saturated heterocycles. The maximum Gasteiger partial charge on any atom is 0.224 e. The molecule has 0 spiro atoms. The second-order valence-corrected chi connectivity index (χ2v) is 18.5. The number of anilines is 3. The van der Waals surface area contributed by atoms with Gasteiger partial charge in [0, 0.05) is 74.7 Å². The third kappa shape index (κ3) is 11.9. The minimum absolute atomic E-state index is 0.0310. The number of hydrogen-bond acceptors (Lipinski definition) is 13. The number of halogens is 1. The summed E-state index contributed by atoms with van der Waals surface area (Å²) in [5, 5.41) is 28.4. The first-order valence-electron chi connectivity index (χ1n) is 22.2. The van der Waals surface area contributed by atoms with Gasteiger partial charge in [-0.3, -0.25) is 29.7 Å². The Balaban J connectivity index is 0.00000208. The Morgan fingerprint density at radius 3 is 2.39 bits per heavy atom. The van der Waals surface area contributed by atoms with E-state index in [9.17, 15) is 19.5 Å². The fraction of sp³-hybridized carbons (Fsp3) is 0.565. The number of piperidine rings is 2. The molecule has 1 unspecified atom stereocenters.